The van der Waals surface area contributed by atoms with Gasteiger partial charge in [-0.2, -0.15) is 5.10 Å². The number of nitrogens with zero attached hydrogens (tertiary/aromatic N) is 1. The van der Waals surface area contributed by atoms with Crippen molar-refractivity contribution in [1.29, 1.82) is 0 Å². The Kier molecular flexibility index (Phi) is 2.89. The zero-order valence-electron chi connectivity index (χ0n) is 6.54. The predicted molar refractivity (Wildman–Crippen MR) is 41.3 cm³/mol. The highest BCUT2D eigenvalue weighted by Gasteiger charge is 2.19. The molecule has 0 bridgehead atoms. The van der Waals surface area contributed by atoms with E-state index in [1.165, 1.54) is 0 Å². The van der Waals surface area contributed by atoms with Crippen molar-refractivity contribution in [3.05, 3.63) is 0 Å². The Hall–Kier alpha value is -1.06. The van der Waals surface area contributed by atoms with Crippen LogP contribution >= 0.6 is 0 Å². The first-order chi connectivity index (χ1) is 5.34. The third-order valence-corrected chi connectivity index (χ3v) is 1.48. The van der Waals surface area contributed by atoms with Gasteiger partial charge in [0.2, 0.25) is 0 Å². The second-order valence-corrected chi connectivity index (χ2v) is 2.32. The van der Waals surface area contributed by atoms with Gasteiger partial charge < -0.3 is 4.74 Å². The van der Waals surface area contributed by atoms with Crippen LogP contribution in [0.25, 0.3) is 0 Å². The number of nitrogens with one attached hydrogen (secondary N) is 1. The molecule has 1 rings (SSSR count). The topological polar surface area (TPSA) is 50.7 Å². The molecule has 0 spiro atoms. The zero-order valence-corrected chi connectivity index (χ0v) is 6.54. The molecule has 4 nitrogen and oxygen atoms in total. The van der Waals surface area contributed by atoms with Crippen LogP contribution < -0.4 is 5.43 Å². The summed E-state index contributed by atoms with van der Waals surface area (Å²) in [5, 5.41) is 3.79. The molecule has 4 heteroatoms. The molecule has 1 heterocycles. The summed E-state index contributed by atoms with van der Waals surface area (Å²) in [6, 6.07) is -0.236. The van der Waals surface area contributed by atoms with Gasteiger partial charge >= 0.3 is 5.97 Å². The van der Waals surface area contributed by atoms with Gasteiger partial charge in [0.25, 0.3) is 0 Å². The highest BCUT2D eigenvalue weighted by atomic mass is 16.5. The van der Waals surface area contributed by atoms with Crippen LogP contribution in [0, 0.1) is 0 Å². The van der Waals surface area contributed by atoms with Crippen LogP contribution in [0.15, 0.2) is 5.10 Å². The van der Waals surface area contributed by atoms with Gasteiger partial charge in [0.05, 0.1) is 6.61 Å². The average molecular weight is 156 g/mol. The predicted octanol–water partition coefficient (Wildman–Crippen LogP) is 0.287. The molecule has 0 saturated carbocycles. The van der Waals surface area contributed by atoms with Crippen LogP contribution in [0.2, 0.25) is 0 Å². The SMILES string of the molecule is CCOC(=O)[C@H]1CCC=NN1. The number of ether oxygens (including phenoxy) is 1. The van der Waals surface area contributed by atoms with Crippen molar-refractivity contribution in [2.45, 2.75) is 25.8 Å². The number of rotatable bonds is 2. The summed E-state index contributed by atoms with van der Waals surface area (Å²) < 4.78 is 4.81. The van der Waals surface area contributed by atoms with E-state index < -0.39 is 0 Å². The lowest BCUT2D eigenvalue weighted by atomic mass is 10.1. The molecule has 0 saturated heterocycles. The average Bonchev–Trinajstić information content (AvgIpc) is 2.07. The smallest absolute Gasteiger partial charge is 0.330 e. The number of hydrazone groups is 1. The van der Waals surface area contributed by atoms with Gasteiger partial charge in [-0.3, -0.25) is 5.43 Å². The monoisotopic (exact) mass is 156 g/mol. The van der Waals surface area contributed by atoms with Crippen LogP contribution in [0.5, 0.6) is 0 Å². The number of hydrogen-bond donors (Lipinski definition) is 1. The summed E-state index contributed by atoms with van der Waals surface area (Å²) in [7, 11) is 0. The Morgan fingerprint density at radius 1 is 1.91 bits per heavy atom. The van der Waals surface area contributed by atoms with Crippen LogP contribution in [-0.2, 0) is 9.53 Å². The maximum absolute atomic E-state index is 11.0. The van der Waals surface area contributed by atoms with E-state index in [1.54, 1.807) is 13.1 Å². The minimum absolute atomic E-state index is 0.204. The maximum Gasteiger partial charge on any atom is 0.330 e. The summed E-state index contributed by atoms with van der Waals surface area (Å²) in [6.07, 6.45) is 3.38. The van der Waals surface area contributed by atoms with Crippen molar-refractivity contribution in [2.24, 2.45) is 5.10 Å². The van der Waals surface area contributed by atoms with E-state index in [0.29, 0.717) is 6.61 Å². The second kappa shape index (κ2) is 3.95. The molecule has 62 valence electrons. The molecule has 11 heavy (non-hydrogen) atoms. The van der Waals surface area contributed by atoms with E-state index in [2.05, 4.69) is 10.5 Å². The third-order valence-electron chi connectivity index (χ3n) is 1.48. The van der Waals surface area contributed by atoms with Crippen molar-refractivity contribution < 1.29 is 9.53 Å². The third kappa shape index (κ3) is 2.22. The van der Waals surface area contributed by atoms with E-state index in [4.69, 9.17) is 4.74 Å². The standard InChI is InChI=1S/C7H12N2O2/c1-2-11-7(10)6-4-3-5-8-9-6/h5-6,9H,2-4H2,1H3/t6-/m1/s1. The fourth-order valence-corrected chi connectivity index (χ4v) is 0.926. The molecule has 1 atom stereocenters. The van der Waals surface area contributed by atoms with Crippen molar-refractivity contribution in [2.75, 3.05) is 6.61 Å². The van der Waals surface area contributed by atoms with Crippen LogP contribution in [0.4, 0.5) is 0 Å². The van der Waals surface area contributed by atoms with Gasteiger partial charge in [-0.1, -0.05) is 0 Å². The van der Waals surface area contributed by atoms with Gasteiger partial charge in [-0.05, 0) is 19.8 Å². The molecule has 0 unspecified atom stereocenters. The molecule has 0 aromatic rings. The summed E-state index contributed by atoms with van der Waals surface area (Å²) in [4.78, 5) is 11.0. The molecule has 0 fully saturated rings. The molecule has 0 aromatic heterocycles. The van der Waals surface area contributed by atoms with Crippen LogP contribution in [-0.4, -0.2) is 24.8 Å². The number of hydrogen-bond acceptors (Lipinski definition) is 4. The summed E-state index contributed by atoms with van der Waals surface area (Å²) in [5.41, 5.74) is 2.70. The minimum Gasteiger partial charge on any atom is -0.464 e. The molecule has 0 radical (unpaired) electrons. The van der Waals surface area contributed by atoms with E-state index >= 15 is 0 Å². The molecule has 0 amide bonds. The first-order valence-corrected chi connectivity index (χ1v) is 3.78. The lowest BCUT2D eigenvalue weighted by Gasteiger charge is -2.16. The number of carbonyl (C=O) groups excluding carboxylic acids is 1. The van der Waals surface area contributed by atoms with E-state index in [0.717, 1.165) is 12.8 Å². The first kappa shape index (κ1) is 8.04. The Morgan fingerprint density at radius 2 is 2.73 bits per heavy atom. The minimum atomic E-state index is -0.236. The van der Waals surface area contributed by atoms with Crippen LogP contribution in [0.1, 0.15) is 19.8 Å². The maximum atomic E-state index is 11.0. The number of carbonyl (C=O) groups is 1. The normalized spacial score (nSPS) is 22.5. The van der Waals surface area contributed by atoms with E-state index in [1.807, 2.05) is 0 Å². The van der Waals surface area contributed by atoms with Gasteiger partial charge in [0, 0.05) is 6.21 Å². The van der Waals surface area contributed by atoms with Gasteiger partial charge in [0.15, 0.2) is 0 Å². The molecule has 0 aliphatic carbocycles. The molecule has 1 aliphatic heterocycles. The first-order valence-electron chi connectivity index (χ1n) is 3.78. The van der Waals surface area contributed by atoms with Gasteiger partial charge in [-0.25, -0.2) is 4.79 Å². The summed E-state index contributed by atoms with van der Waals surface area (Å²) in [5.74, 6) is -0.204. The second-order valence-electron chi connectivity index (χ2n) is 2.32. The Labute approximate surface area is 65.6 Å². The fourth-order valence-electron chi connectivity index (χ4n) is 0.926. The molecule has 0 aromatic carbocycles. The number of esters is 1. The molecular formula is C7H12N2O2. The summed E-state index contributed by atoms with van der Waals surface area (Å²) in [6.45, 7) is 2.23. The Balaban J connectivity index is 2.34. The molecular weight excluding hydrogens is 144 g/mol. The van der Waals surface area contributed by atoms with E-state index in [9.17, 15) is 4.79 Å². The largest absolute Gasteiger partial charge is 0.464 e. The zero-order chi connectivity index (χ0) is 8.10. The lowest BCUT2D eigenvalue weighted by Crippen LogP contribution is -2.37. The van der Waals surface area contributed by atoms with Crippen molar-refractivity contribution in [1.82, 2.24) is 5.43 Å². The summed E-state index contributed by atoms with van der Waals surface area (Å²) >= 11 is 0. The van der Waals surface area contributed by atoms with Crippen molar-refractivity contribution in [3.8, 4) is 0 Å². The van der Waals surface area contributed by atoms with Crippen molar-refractivity contribution in [3.63, 3.8) is 0 Å². The van der Waals surface area contributed by atoms with Gasteiger partial charge in [0.1, 0.15) is 6.04 Å². The van der Waals surface area contributed by atoms with Crippen molar-refractivity contribution >= 4 is 12.2 Å². The Bertz CT molecular complexity index is 168. The lowest BCUT2D eigenvalue weighted by molar-refractivity contribution is -0.145. The Morgan fingerprint density at radius 3 is 3.27 bits per heavy atom. The molecule has 1 aliphatic rings. The van der Waals surface area contributed by atoms with E-state index in [-0.39, 0.29) is 12.0 Å². The highest BCUT2D eigenvalue weighted by Crippen LogP contribution is 2.02. The highest BCUT2D eigenvalue weighted by molar-refractivity contribution is 5.77. The van der Waals surface area contributed by atoms with Crippen LogP contribution in [0.3, 0.4) is 0 Å². The fraction of sp³-hybridized carbons (Fsp3) is 0.714. The van der Waals surface area contributed by atoms with Gasteiger partial charge in [-0.15, -0.1) is 0 Å². The molecule has 1 N–H and O–H groups in total. The quantitative estimate of drug-likeness (QED) is 0.584.